The second kappa shape index (κ2) is 7.81. The summed E-state index contributed by atoms with van der Waals surface area (Å²) in [4.78, 5) is 0.480. The minimum absolute atomic E-state index is 0.271. The minimum Gasteiger partial charge on any atom is -0.389 e. The van der Waals surface area contributed by atoms with E-state index in [0.29, 0.717) is 34.9 Å². The molecule has 1 unspecified atom stereocenters. The topological polar surface area (TPSA) is 41.5 Å². The molecule has 1 aromatic carbocycles. The third kappa shape index (κ3) is 5.64. The molecule has 20 heavy (non-hydrogen) atoms. The molecule has 0 radical (unpaired) electrons. The van der Waals surface area contributed by atoms with Crippen LogP contribution in [0.5, 0.6) is 0 Å². The number of rotatable bonds is 9. The van der Waals surface area contributed by atoms with E-state index >= 15 is 0 Å². The van der Waals surface area contributed by atoms with Gasteiger partial charge >= 0.3 is 0 Å². The van der Waals surface area contributed by atoms with E-state index in [9.17, 15) is 13.9 Å². The zero-order valence-electron chi connectivity index (χ0n) is 11.1. The number of anilines is 1. The third-order valence-corrected chi connectivity index (χ3v) is 3.78. The lowest BCUT2D eigenvalue weighted by molar-refractivity contribution is 0.0386. The van der Waals surface area contributed by atoms with Crippen molar-refractivity contribution in [2.75, 3.05) is 25.1 Å². The molecule has 0 aliphatic heterocycles. The Hall–Kier alpha value is -0.850. The molecule has 3 nitrogen and oxygen atoms in total. The average molecular weight is 303 g/mol. The molecule has 1 aliphatic rings. The van der Waals surface area contributed by atoms with Crippen molar-refractivity contribution in [2.24, 2.45) is 5.92 Å². The van der Waals surface area contributed by atoms with Gasteiger partial charge in [-0.2, -0.15) is 8.78 Å². The van der Waals surface area contributed by atoms with E-state index in [1.54, 1.807) is 24.3 Å². The first-order valence-electron chi connectivity index (χ1n) is 6.68. The first-order valence-corrected chi connectivity index (χ1v) is 7.56. The smallest absolute Gasteiger partial charge is 0.288 e. The highest BCUT2D eigenvalue weighted by Gasteiger charge is 2.21. The number of aliphatic hydroxyl groups excluding tert-OH is 1. The van der Waals surface area contributed by atoms with Crippen LogP contribution in [0.1, 0.15) is 12.8 Å². The third-order valence-electron chi connectivity index (χ3n) is 2.99. The second-order valence-electron chi connectivity index (χ2n) is 4.89. The van der Waals surface area contributed by atoms with Crippen LogP contribution in [0.25, 0.3) is 0 Å². The van der Waals surface area contributed by atoms with Crippen LogP contribution in [0.4, 0.5) is 14.5 Å². The molecule has 2 rings (SSSR count). The van der Waals surface area contributed by atoms with E-state index in [4.69, 9.17) is 4.74 Å². The first kappa shape index (κ1) is 15.5. The highest BCUT2D eigenvalue weighted by Crippen LogP contribution is 2.31. The largest absolute Gasteiger partial charge is 0.389 e. The van der Waals surface area contributed by atoms with Gasteiger partial charge in [0.15, 0.2) is 0 Å². The maximum atomic E-state index is 12.4. The number of hydrogen-bond donors (Lipinski definition) is 2. The Morgan fingerprint density at radius 2 is 2.10 bits per heavy atom. The quantitative estimate of drug-likeness (QED) is 0.687. The fraction of sp³-hybridized carbons (Fsp3) is 0.571. The van der Waals surface area contributed by atoms with Crippen molar-refractivity contribution >= 4 is 17.4 Å². The summed E-state index contributed by atoms with van der Waals surface area (Å²) in [5, 5.41) is 12.8. The maximum absolute atomic E-state index is 12.4. The summed E-state index contributed by atoms with van der Waals surface area (Å²) in [6.07, 6.45) is 1.79. The van der Waals surface area contributed by atoms with Gasteiger partial charge in [-0.1, -0.05) is 23.9 Å². The van der Waals surface area contributed by atoms with Crippen LogP contribution in [0.2, 0.25) is 0 Å². The number of thioether (sulfide) groups is 1. The Kier molecular flexibility index (Phi) is 6.06. The van der Waals surface area contributed by atoms with Gasteiger partial charge in [0.2, 0.25) is 0 Å². The van der Waals surface area contributed by atoms with Gasteiger partial charge < -0.3 is 15.2 Å². The minimum atomic E-state index is -2.45. The van der Waals surface area contributed by atoms with E-state index in [2.05, 4.69) is 5.32 Å². The van der Waals surface area contributed by atoms with Crippen molar-refractivity contribution < 1.29 is 18.6 Å². The summed E-state index contributed by atoms with van der Waals surface area (Å²) in [6.45, 7) is 1.26. The van der Waals surface area contributed by atoms with Gasteiger partial charge in [0, 0.05) is 23.7 Å². The number of aliphatic hydroxyl groups is 1. The summed E-state index contributed by atoms with van der Waals surface area (Å²) < 4.78 is 30.2. The second-order valence-corrected chi connectivity index (χ2v) is 5.92. The Morgan fingerprint density at radius 1 is 1.35 bits per heavy atom. The maximum Gasteiger partial charge on any atom is 0.288 e. The van der Waals surface area contributed by atoms with E-state index in [1.807, 2.05) is 0 Å². The van der Waals surface area contributed by atoms with Crippen molar-refractivity contribution in [3.63, 3.8) is 0 Å². The van der Waals surface area contributed by atoms with Crippen molar-refractivity contribution in [2.45, 2.75) is 29.6 Å². The van der Waals surface area contributed by atoms with Gasteiger partial charge in [0.1, 0.15) is 0 Å². The fourth-order valence-electron chi connectivity index (χ4n) is 1.75. The lowest BCUT2D eigenvalue weighted by atomic mass is 10.3. The summed E-state index contributed by atoms with van der Waals surface area (Å²) >= 11 is 0.498. The normalized spacial score (nSPS) is 16.4. The van der Waals surface area contributed by atoms with Gasteiger partial charge in [-0.3, -0.25) is 0 Å². The molecule has 0 spiro atoms. The molecule has 1 saturated carbocycles. The standard InChI is InChI=1S/C14H19F2NO2S/c15-14(16)20-13-4-2-1-3-12(13)17-7-11(18)9-19-8-10-5-6-10/h1-4,10-11,14,17-18H,5-9H2. The van der Waals surface area contributed by atoms with Crippen LogP contribution >= 0.6 is 11.8 Å². The van der Waals surface area contributed by atoms with Crippen LogP contribution < -0.4 is 5.32 Å². The highest BCUT2D eigenvalue weighted by atomic mass is 32.2. The molecule has 0 bridgehead atoms. The van der Waals surface area contributed by atoms with Gasteiger partial charge in [-0.25, -0.2) is 0 Å². The molecule has 0 saturated heterocycles. The van der Waals surface area contributed by atoms with Crippen LogP contribution in [0, 0.1) is 5.92 Å². The van der Waals surface area contributed by atoms with Gasteiger partial charge in [-0.05, 0) is 30.9 Å². The molecule has 1 aromatic rings. The number of ether oxygens (including phenoxy) is 1. The number of para-hydroxylation sites is 1. The van der Waals surface area contributed by atoms with Crippen LogP contribution in [0.3, 0.4) is 0 Å². The van der Waals surface area contributed by atoms with Gasteiger partial charge in [0.05, 0.1) is 12.7 Å². The highest BCUT2D eigenvalue weighted by molar-refractivity contribution is 7.99. The molecule has 0 heterocycles. The average Bonchev–Trinajstić information content (AvgIpc) is 3.21. The predicted molar refractivity (Wildman–Crippen MR) is 76.3 cm³/mol. The lowest BCUT2D eigenvalue weighted by Crippen LogP contribution is -2.25. The van der Waals surface area contributed by atoms with Gasteiger partial charge in [-0.15, -0.1) is 0 Å². The monoisotopic (exact) mass is 303 g/mol. The fourth-order valence-corrected chi connectivity index (χ4v) is 2.37. The SMILES string of the molecule is OC(CNc1ccccc1SC(F)F)COCC1CC1. The van der Waals surface area contributed by atoms with Crippen LogP contribution in [-0.2, 0) is 4.74 Å². The molecule has 0 amide bonds. The Balaban J connectivity index is 1.74. The van der Waals surface area contributed by atoms with Crippen molar-refractivity contribution in [1.29, 1.82) is 0 Å². The summed E-state index contributed by atoms with van der Waals surface area (Å²) in [5.41, 5.74) is 0.610. The molecule has 112 valence electrons. The molecule has 1 fully saturated rings. The molecule has 1 aliphatic carbocycles. The number of hydrogen-bond acceptors (Lipinski definition) is 4. The number of nitrogens with one attached hydrogen (secondary N) is 1. The van der Waals surface area contributed by atoms with Crippen LogP contribution in [0.15, 0.2) is 29.2 Å². The predicted octanol–water partition coefficient (Wildman–Crippen LogP) is 3.20. The number of alkyl halides is 2. The van der Waals surface area contributed by atoms with E-state index in [0.717, 1.165) is 0 Å². The Bertz CT molecular complexity index is 416. The molecular weight excluding hydrogens is 284 g/mol. The Labute approximate surface area is 121 Å². The molecule has 6 heteroatoms. The van der Waals surface area contributed by atoms with Crippen molar-refractivity contribution in [3.05, 3.63) is 24.3 Å². The zero-order chi connectivity index (χ0) is 14.4. The first-order chi connectivity index (χ1) is 9.65. The van der Waals surface area contributed by atoms with E-state index in [1.165, 1.54) is 12.8 Å². The van der Waals surface area contributed by atoms with E-state index < -0.39 is 11.9 Å². The summed E-state index contributed by atoms with van der Waals surface area (Å²) in [7, 11) is 0. The molecular formula is C14H19F2NO2S. The number of benzene rings is 1. The Morgan fingerprint density at radius 3 is 2.80 bits per heavy atom. The zero-order valence-corrected chi connectivity index (χ0v) is 11.9. The molecule has 1 atom stereocenters. The number of halogens is 2. The van der Waals surface area contributed by atoms with Crippen LogP contribution in [-0.4, -0.2) is 36.7 Å². The summed E-state index contributed by atoms with van der Waals surface area (Å²) in [5.74, 6) is -1.79. The van der Waals surface area contributed by atoms with E-state index in [-0.39, 0.29) is 13.2 Å². The van der Waals surface area contributed by atoms with Crippen molar-refractivity contribution in [3.8, 4) is 0 Å². The molecule has 2 N–H and O–H groups in total. The lowest BCUT2D eigenvalue weighted by Gasteiger charge is -2.15. The van der Waals surface area contributed by atoms with Gasteiger partial charge in [0.25, 0.3) is 5.76 Å². The molecule has 0 aromatic heterocycles. The summed E-state index contributed by atoms with van der Waals surface area (Å²) in [6, 6.07) is 6.84. The van der Waals surface area contributed by atoms with Crippen molar-refractivity contribution in [1.82, 2.24) is 0 Å².